The van der Waals surface area contributed by atoms with Crippen molar-refractivity contribution in [1.82, 2.24) is 4.90 Å². The molecule has 4 nitrogen and oxygen atoms in total. The van der Waals surface area contributed by atoms with Gasteiger partial charge >= 0.3 is 6.09 Å². The predicted octanol–water partition coefficient (Wildman–Crippen LogP) is 1.11. The lowest BCUT2D eigenvalue weighted by Crippen LogP contribution is -2.46. The lowest BCUT2D eigenvalue weighted by atomic mass is 9.89. The Balaban J connectivity index is 2.06. The smallest absolute Gasteiger partial charge is 0.407 e. The summed E-state index contributed by atoms with van der Waals surface area (Å²) in [7, 11) is 0. The molecule has 1 saturated heterocycles. The van der Waals surface area contributed by atoms with Gasteiger partial charge in [-0.05, 0) is 31.1 Å². The molecule has 4 heteroatoms. The summed E-state index contributed by atoms with van der Waals surface area (Å²) in [5.41, 5.74) is 0.331. The molecule has 2 rings (SSSR count). The average molecular weight is 183 g/mol. The quantitative estimate of drug-likeness (QED) is 0.619. The molecular weight excluding hydrogens is 170 g/mol. The molecule has 13 heavy (non-hydrogen) atoms. The van der Waals surface area contributed by atoms with Gasteiger partial charge in [-0.15, -0.1) is 0 Å². The van der Waals surface area contributed by atoms with Crippen molar-refractivity contribution in [3.63, 3.8) is 0 Å². The second-order valence-corrected chi connectivity index (χ2v) is 4.13. The minimum absolute atomic E-state index is 0.331. The minimum Gasteiger partial charge on any atom is -0.465 e. The molecule has 2 aliphatic rings. The van der Waals surface area contributed by atoms with Crippen LogP contribution in [-0.4, -0.2) is 35.0 Å². The molecule has 1 heterocycles. The summed E-state index contributed by atoms with van der Waals surface area (Å²) in [6, 6.07) is -0.395. The van der Waals surface area contributed by atoms with Gasteiger partial charge in [0.2, 0.25) is 0 Å². The zero-order valence-corrected chi connectivity index (χ0v) is 7.40. The molecule has 1 spiro atoms. The van der Waals surface area contributed by atoms with Crippen molar-refractivity contribution in [2.24, 2.45) is 5.41 Å². The topological polar surface area (TPSA) is 57.6 Å². The summed E-state index contributed by atoms with van der Waals surface area (Å²) in [6.07, 6.45) is 3.82. The summed E-state index contributed by atoms with van der Waals surface area (Å²) in [5.74, 6) is 0. The van der Waals surface area contributed by atoms with Gasteiger partial charge < -0.3 is 9.90 Å². The summed E-state index contributed by atoms with van der Waals surface area (Å²) in [5, 5.41) is 8.80. The largest absolute Gasteiger partial charge is 0.465 e. The number of carbonyl (C=O) groups is 2. The van der Waals surface area contributed by atoms with Gasteiger partial charge in [-0.2, -0.15) is 0 Å². The Bertz CT molecular complexity index is 247. The average Bonchev–Trinajstić information content (AvgIpc) is 2.84. The van der Waals surface area contributed by atoms with Crippen molar-refractivity contribution >= 4 is 12.4 Å². The molecule has 1 unspecified atom stereocenters. The van der Waals surface area contributed by atoms with Crippen molar-refractivity contribution < 1.29 is 14.7 Å². The molecule has 1 aliphatic heterocycles. The van der Waals surface area contributed by atoms with Crippen molar-refractivity contribution in [2.45, 2.75) is 31.7 Å². The zero-order valence-electron chi connectivity index (χ0n) is 7.40. The van der Waals surface area contributed by atoms with E-state index in [9.17, 15) is 9.59 Å². The Kier molecular flexibility index (Phi) is 1.78. The molecular formula is C9H13NO3. The molecule has 0 radical (unpaired) electrons. The first-order valence-electron chi connectivity index (χ1n) is 4.62. The van der Waals surface area contributed by atoms with E-state index in [-0.39, 0.29) is 0 Å². The number of hydrogen-bond acceptors (Lipinski definition) is 2. The number of amides is 1. The van der Waals surface area contributed by atoms with E-state index in [1.165, 1.54) is 17.7 Å². The summed E-state index contributed by atoms with van der Waals surface area (Å²) in [4.78, 5) is 22.7. The summed E-state index contributed by atoms with van der Waals surface area (Å²) in [6.45, 7) is 0.527. The number of carboxylic acid groups (broad SMARTS) is 1. The standard InChI is InChI=1S/C9H13NO3/c11-6-7-5-9(1-2-9)3-4-10(7)8(12)13/h6-7H,1-5H2,(H,12,13). The van der Waals surface area contributed by atoms with E-state index < -0.39 is 12.1 Å². The van der Waals surface area contributed by atoms with Crippen molar-refractivity contribution in [1.29, 1.82) is 0 Å². The fourth-order valence-corrected chi connectivity index (χ4v) is 2.17. The van der Waals surface area contributed by atoms with Crippen LogP contribution < -0.4 is 0 Å². The molecule has 72 valence electrons. The van der Waals surface area contributed by atoms with Gasteiger partial charge in [-0.3, -0.25) is 4.90 Å². The van der Waals surface area contributed by atoms with Crippen LogP contribution in [0.1, 0.15) is 25.7 Å². The molecule has 0 bridgehead atoms. The number of aldehydes is 1. The van der Waals surface area contributed by atoms with Gasteiger partial charge in [0.25, 0.3) is 0 Å². The van der Waals surface area contributed by atoms with E-state index in [4.69, 9.17) is 5.11 Å². The number of carbonyl (C=O) groups excluding carboxylic acids is 1. The first-order valence-corrected chi connectivity index (χ1v) is 4.62. The number of likely N-dealkylation sites (tertiary alicyclic amines) is 1. The Hall–Kier alpha value is -1.06. The van der Waals surface area contributed by atoms with Gasteiger partial charge in [0.1, 0.15) is 6.29 Å². The Labute approximate surface area is 76.5 Å². The highest BCUT2D eigenvalue weighted by Gasteiger charge is 2.48. The molecule has 0 aromatic carbocycles. The third-order valence-corrected chi connectivity index (χ3v) is 3.29. The lowest BCUT2D eigenvalue weighted by molar-refractivity contribution is -0.113. The van der Waals surface area contributed by atoms with Gasteiger partial charge in [0.15, 0.2) is 0 Å². The van der Waals surface area contributed by atoms with Crippen LogP contribution in [0.25, 0.3) is 0 Å². The number of piperidine rings is 1. The second-order valence-electron chi connectivity index (χ2n) is 4.13. The van der Waals surface area contributed by atoms with Crippen molar-refractivity contribution in [3.8, 4) is 0 Å². The van der Waals surface area contributed by atoms with E-state index in [0.29, 0.717) is 12.0 Å². The van der Waals surface area contributed by atoms with E-state index >= 15 is 0 Å². The molecule has 2 fully saturated rings. The van der Waals surface area contributed by atoms with Gasteiger partial charge in [-0.1, -0.05) is 0 Å². The van der Waals surface area contributed by atoms with Gasteiger partial charge in [0, 0.05) is 6.54 Å². The molecule has 1 aliphatic carbocycles. The maximum absolute atomic E-state index is 10.7. The third kappa shape index (κ3) is 1.41. The number of rotatable bonds is 1. The molecule has 1 N–H and O–H groups in total. The van der Waals surface area contributed by atoms with Crippen LogP contribution in [0, 0.1) is 5.41 Å². The van der Waals surface area contributed by atoms with Crippen LogP contribution in [0.15, 0.2) is 0 Å². The first kappa shape index (κ1) is 8.53. The van der Waals surface area contributed by atoms with E-state index in [1.807, 2.05) is 0 Å². The number of hydrogen-bond donors (Lipinski definition) is 1. The Morgan fingerprint density at radius 1 is 1.46 bits per heavy atom. The van der Waals surface area contributed by atoms with E-state index in [0.717, 1.165) is 19.1 Å². The highest BCUT2D eigenvalue weighted by molar-refractivity contribution is 5.72. The van der Waals surface area contributed by atoms with E-state index in [1.54, 1.807) is 0 Å². The second kappa shape index (κ2) is 2.72. The van der Waals surface area contributed by atoms with E-state index in [2.05, 4.69) is 0 Å². The number of nitrogens with zero attached hydrogens (tertiary/aromatic N) is 1. The maximum atomic E-state index is 10.7. The van der Waals surface area contributed by atoms with Crippen LogP contribution in [0.5, 0.6) is 0 Å². The first-order chi connectivity index (χ1) is 6.17. The van der Waals surface area contributed by atoms with Crippen LogP contribution in [-0.2, 0) is 4.79 Å². The fourth-order valence-electron chi connectivity index (χ4n) is 2.17. The Morgan fingerprint density at radius 2 is 2.15 bits per heavy atom. The third-order valence-electron chi connectivity index (χ3n) is 3.29. The van der Waals surface area contributed by atoms with Crippen LogP contribution in [0.2, 0.25) is 0 Å². The lowest BCUT2D eigenvalue weighted by Gasteiger charge is -2.34. The van der Waals surface area contributed by atoms with Crippen LogP contribution in [0.4, 0.5) is 4.79 Å². The molecule has 1 saturated carbocycles. The van der Waals surface area contributed by atoms with Gasteiger partial charge in [-0.25, -0.2) is 4.79 Å². The summed E-state index contributed by atoms with van der Waals surface area (Å²) >= 11 is 0. The monoisotopic (exact) mass is 183 g/mol. The molecule has 0 aromatic heterocycles. The zero-order chi connectivity index (χ0) is 9.47. The normalized spacial score (nSPS) is 30.2. The maximum Gasteiger partial charge on any atom is 0.407 e. The van der Waals surface area contributed by atoms with Crippen LogP contribution >= 0.6 is 0 Å². The Morgan fingerprint density at radius 3 is 2.62 bits per heavy atom. The predicted molar refractivity (Wildman–Crippen MR) is 45.5 cm³/mol. The summed E-state index contributed by atoms with van der Waals surface area (Å²) < 4.78 is 0. The SMILES string of the molecule is O=CC1CC2(CCN1C(=O)O)CC2. The highest BCUT2D eigenvalue weighted by atomic mass is 16.4. The molecule has 0 aromatic rings. The molecule has 1 amide bonds. The highest BCUT2D eigenvalue weighted by Crippen LogP contribution is 2.54. The van der Waals surface area contributed by atoms with Crippen molar-refractivity contribution in [2.75, 3.05) is 6.54 Å². The van der Waals surface area contributed by atoms with Crippen molar-refractivity contribution in [3.05, 3.63) is 0 Å². The van der Waals surface area contributed by atoms with Gasteiger partial charge in [0.05, 0.1) is 6.04 Å². The fraction of sp³-hybridized carbons (Fsp3) is 0.778. The molecule has 1 atom stereocenters. The minimum atomic E-state index is -0.965. The van der Waals surface area contributed by atoms with Crippen LogP contribution in [0.3, 0.4) is 0 Å².